The van der Waals surface area contributed by atoms with E-state index < -0.39 is 0 Å². The maximum Gasteiger partial charge on any atom is 0.251 e. The summed E-state index contributed by atoms with van der Waals surface area (Å²) in [6, 6.07) is 6.00. The molecule has 0 aliphatic heterocycles. The molecular weight excluding hydrogens is 328 g/mol. The van der Waals surface area contributed by atoms with Crippen molar-refractivity contribution in [2.45, 2.75) is 47.1 Å². The molecule has 0 unspecified atom stereocenters. The van der Waals surface area contributed by atoms with Crippen LogP contribution in [-0.2, 0) is 17.7 Å². The first-order valence-corrected chi connectivity index (χ1v) is 9.20. The van der Waals surface area contributed by atoms with E-state index in [9.17, 15) is 4.79 Å². The van der Waals surface area contributed by atoms with Gasteiger partial charge in [0.05, 0.1) is 12.7 Å². The number of carbonyl (C=O) groups excluding carboxylic acids is 1. The van der Waals surface area contributed by atoms with Gasteiger partial charge in [-0.15, -0.1) is 0 Å². The average molecular weight is 358 g/mol. The number of hydrogen-bond donors (Lipinski definition) is 1. The van der Waals surface area contributed by atoms with Crippen molar-refractivity contribution in [2.75, 3.05) is 20.3 Å². The SMILES string of the molecule is CCOCCCn1c(C)c(C(N)=O)c(-c2ccc(OC)c(C)c2)c1CC. The van der Waals surface area contributed by atoms with Crippen molar-refractivity contribution in [3.8, 4) is 16.9 Å². The second kappa shape index (κ2) is 8.90. The molecule has 0 fully saturated rings. The lowest BCUT2D eigenvalue weighted by molar-refractivity contribution is 0.1000. The summed E-state index contributed by atoms with van der Waals surface area (Å²) in [7, 11) is 1.66. The molecule has 0 saturated carbocycles. The van der Waals surface area contributed by atoms with Crippen molar-refractivity contribution >= 4 is 5.91 Å². The van der Waals surface area contributed by atoms with Crippen molar-refractivity contribution in [1.82, 2.24) is 4.57 Å². The second-order valence-corrected chi connectivity index (χ2v) is 6.39. The van der Waals surface area contributed by atoms with E-state index in [0.717, 1.165) is 53.2 Å². The van der Waals surface area contributed by atoms with Crippen molar-refractivity contribution in [3.63, 3.8) is 0 Å². The van der Waals surface area contributed by atoms with E-state index in [4.69, 9.17) is 15.2 Å². The number of hydrogen-bond acceptors (Lipinski definition) is 3. The van der Waals surface area contributed by atoms with Crippen LogP contribution in [0.5, 0.6) is 5.75 Å². The molecule has 0 saturated heterocycles. The molecular formula is C21H30N2O3. The van der Waals surface area contributed by atoms with E-state index in [1.807, 2.05) is 32.9 Å². The molecule has 5 nitrogen and oxygen atoms in total. The predicted molar refractivity (Wildman–Crippen MR) is 105 cm³/mol. The van der Waals surface area contributed by atoms with E-state index >= 15 is 0 Å². The molecule has 0 bridgehead atoms. The third-order valence-electron chi connectivity index (χ3n) is 4.77. The molecule has 2 rings (SSSR count). The van der Waals surface area contributed by atoms with Crippen LogP contribution in [0.3, 0.4) is 0 Å². The number of nitrogens with two attached hydrogens (primary N) is 1. The van der Waals surface area contributed by atoms with E-state index in [1.165, 1.54) is 0 Å². The monoisotopic (exact) mass is 358 g/mol. The summed E-state index contributed by atoms with van der Waals surface area (Å²) in [6.45, 7) is 10.3. The lowest BCUT2D eigenvalue weighted by Crippen LogP contribution is -2.14. The Kier molecular flexibility index (Phi) is 6.86. The molecule has 0 atom stereocenters. The highest BCUT2D eigenvalue weighted by Gasteiger charge is 2.24. The van der Waals surface area contributed by atoms with Crippen molar-refractivity contribution < 1.29 is 14.3 Å². The third kappa shape index (κ3) is 3.93. The van der Waals surface area contributed by atoms with Gasteiger partial charge in [-0.05, 0) is 56.9 Å². The van der Waals surface area contributed by atoms with Gasteiger partial charge in [-0.3, -0.25) is 4.79 Å². The molecule has 0 radical (unpaired) electrons. The summed E-state index contributed by atoms with van der Waals surface area (Å²) >= 11 is 0. The number of aromatic nitrogens is 1. The molecule has 0 aliphatic carbocycles. The smallest absolute Gasteiger partial charge is 0.251 e. The first-order valence-electron chi connectivity index (χ1n) is 9.20. The minimum Gasteiger partial charge on any atom is -0.496 e. The maximum absolute atomic E-state index is 12.2. The summed E-state index contributed by atoms with van der Waals surface area (Å²) < 4.78 is 13.0. The van der Waals surface area contributed by atoms with E-state index in [1.54, 1.807) is 7.11 Å². The highest BCUT2D eigenvalue weighted by atomic mass is 16.5. The number of amides is 1. The maximum atomic E-state index is 12.2. The minimum absolute atomic E-state index is 0.385. The number of carbonyl (C=O) groups is 1. The summed E-state index contributed by atoms with van der Waals surface area (Å²) in [4.78, 5) is 12.2. The topological polar surface area (TPSA) is 66.5 Å². The van der Waals surface area contributed by atoms with Gasteiger partial charge in [-0.1, -0.05) is 13.0 Å². The van der Waals surface area contributed by atoms with Crippen LogP contribution in [0, 0.1) is 13.8 Å². The molecule has 1 amide bonds. The highest BCUT2D eigenvalue weighted by molar-refractivity contribution is 6.02. The van der Waals surface area contributed by atoms with Gasteiger partial charge in [0.15, 0.2) is 0 Å². The molecule has 142 valence electrons. The van der Waals surface area contributed by atoms with Crippen molar-refractivity contribution in [3.05, 3.63) is 40.7 Å². The van der Waals surface area contributed by atoms with Crippen LogP contribution >= 0.6 is 0 Å². The molecule has 5 heteroatoms. The fraction of sp³-hybridized carbons (Fsp3) is 0.476. The predicted octanol–water partition coefficient (Wildman–Crippen LogP) is 3.87. The van der Waals surface area contributed by atoms with E-state index in [-0.39, 0.29) is 5.91 Å². The Morgan fingerprint density at radius 2 is 1.96 bits per heavy atom. The normalized spacial score (nSPS) is 11.0. The fourth-order valence-corrected chi connectivity index (χ4v) is 3.58. The highest BCUT2D eigenvalue weighted by Crippen LogP contribution is 2.35. The van der Waals surface area contributed by atoms with Crippen molar-refractivity contribution in [2.24, 2.45) is 5.73 Å². The minimum atomic E-state index is -0.385. The number of benzene rings is 1. The van der Waals surface area contributed by atoms with Gasteiger partial charge in [0.25, 0.3) is 5.91 Å². The van der Waals surface area contributed by atoms with E-state index in [0.29, 0.717) is 18.8 Å². The fourth-order valence-electron chi connectivity index (χ4n) is 3.58. The molecule has 1 heterocycles. The first-order chi connectivity index (χ1) is 12.5. The molecule has 1 aromatic carbocycles. The van der Waals surface area contributed by atoms with Gasteiger partial charge in [0, 0.05) is 36.7 Å². The van der Waals surface area contributed by atoms with Gasteiger partial charge in [0.1, 0.15) is 5.75 Å². The summed E-state index contributed by atoms with van der Waals surface area (Å²) in [5.41, 5.74) is 11.4. The Morgan fingerprint density at radius 3 is 2.50 bits per heavy atom. The van der Waals surface area contributed by atoms with Crippen LogP contribution in [-0.4, -0.2) is 30.8 Å². The molecule has 0 aliphatic rings. The Morgan fingerprint density at radius 1 is 1.23 bits per heavy atom. The zero-order valence-corrected chi connectivity index (χ0v) is 16.5. The van der Waals surface area contributed by atoms with Crippen LogP contribution in [0.25, 0.3) is 11.1 Å². The van der Waals surface area contributed by atoms with Crippen LogP contribution in [0.2, 0.25) is 0 Å². The molecule has 26 heavy (non-hydrogen) atoms. The van der Waals surface area contributed by atoms with Gasteiger partial charge >= 0.3 is 0 Å². The second-order valence-electron chi connectivity index (χ2n) is 6.39. The number of rotatable bonds is 9. The number of nitrogens with zero attached hydrogens (tertiary/aromatic N) is 1. The van der Waals surface area contributed by atoms with Crippen LogP contribution in [0.1, 0.15) is 47.6 Å². The Bertz CT molecular complexity index is 778. The average Bonchev–Trinajstić information content (AvgIpc) is 2.90. The molecule has 1 aromatic heterocycles. The van der Waals surface area contributed by atoms with Crippen LogP contribution < -0.4 is 10.5 Å². The van der Waals surface area contributed by atoms with Gasteiger partial charge in [-0.2, -0.15) is 0 Å². The molecule has 0 spiro atoms. The van der Waals surface area contributed by atoms with Gasteiger partial charge in [0.2, 0.25) is 0 Å². The summed E-state index contributed by atoms with van der Waals surface area (Å²) in [6.07, 6.45) is 1.72. The third-order valence-corrected chi connectivity index (χ3v) is 4.77. The van der Waals surface area contributed by atoms with Gasteiger partial charge in [-0.25, -0.2) is 0 Å². The number of aryl methyl sites for hydroxylation is 1. The van der Waals surface area contributed by atoms with Gasteiger partial charge < -0.3 is 19.8 Å². The van der Waals surface area contributed by atoms with Crippen LogP contribution in [0.4, 0.5) is 0 Å². The largest absolute Gasteiger partial charge is 0.496 e. The Balaban J connectivity index is 2.56. The first kappa shape index (κ1) is 20.0. The quantitative estimate of drug-likeness (QED) is 0.692. The Labute approximate surface area is 156 Å². The lowest BCUT2D eigenvalue weighted by Gasteiger charge is -2.13. The zero-order chi connectivity index (χ0) is 19.3. The molecule has 2 aromatic rings. The zero-order valence-electron chi connectivity index (χ0n) is 16.5. The lowest BCUT2D eigenvalue weighted by atomic mass is 9.97. The van der Waals surface area contributed by atoms with E-state index in [2.05, 4.69) is 17.6 Å². The Hall–Kier alpha value is -2.27. The summed E-state index contributed by atoms with van der Waals surface area (Å²) in [5.74, 6) is 0.449. The number of primary amides is 1. The number of ether oxygens (including phenoxy) is 2. The number of methoxy groups -OCH3 is 1. The van der Waals surface area contributed by atoms with Crippen molar-refractivity contribution in [1.29, 1.82) is 0 Å². The summed E-state index contributed by atoms with van der Waals surface area (Å²) in [5, 5.41) is 0. The molecule has 2 N–H and O–H groups in total. The standard InChI is InChI=1S/C21H30N2O3/c1-6-17-20(16-9-10-18(25-5)14(3)13-16)19(21(22)24)15(4)23(17)11-8-12-26-7-2/h9-10,13H,6-8,11-12H2,1-5H3,(H2,22,24). The van der Waals surface area contributed by atoms with Crippen LogP contribution in [0.15, 0.2) is 18.2 Å².